The summed E-state index contributed by atoms with van der Waals surface area (Å²) in [5, 5.41) is 11.5. The van der Waals surface area contributed by atoms with Crippen LogP contribution < -0.4 is 5.32 Å². The molecule has 21 heavy (non-hydrogen) atoms. The van der Waals surface area contributed by atoms with E-state index in [0.29, 0.717) is 10.0 Å². The van der Waals surface area contributed by atoms with Crippen molar-refractivity contribution in [2.24, 2.45) is 0 Å². The number of nitriles is 1. The number of nitrogens with one attached hydrogen (secondary N) is 1. The summed E-state index contributed by atoms with van der Waals surface area (Å²) in [7, 11) is 0. The average Bonchev–Trinajstić information content (AvgIpc) is 2.45. The minimum atomic E-state index is -0.780. The van der Waals surface area contributed by atoms with E-state index < -0.39 is 11.6 Å². The van der Waals surface area contributed by atoms with Gasteiger partial charge < -0.3 is 5.32 Å². The molecule has 6 heteroatoms. The number of benzene rings is 2. The van der Waals surface area contributed by atoms with E-state index in [2.05, 4.69) is 21.2 Å². The normalized spacial score (nSPS) is 10.4. The Morgan fingerprint density at radius 1 is 1.05 bits per heavy atom. The standard InChI is InChI=1S/C15H10BrF3N2/c16-13-2-1-11(17)5-10(13)7-21-8-12-14(18)3-9(6-20)4-15(12)19/h1-5,21H,7-8H2. The lowest BCUT2D eigenvalue weighted by Gasteiger charge is -2.09. The van der Waals surface area contributed by atoms with Crippen LogP contribution in [-0.4, -0.2) is 0 Å². The van der Waals surface area contributed by atoms with Crippen LogP contribution in [0.2, 0.25) is 0 Å². The molecule has 0 fully saturated rings. The molecule has 0 atom stereocenters. The minimum Gasteiger partial charge on any atom is -0.308 e. The van der Waals surface area contributed by atoms with Gasteiger partial charge in [-0.1, -0.05) is 15.9 Å². The predicted octanol–water partition coefficient (Wildman–Crippen LogP) is 4.03. The summed E-state index contributed by atoms with van der Waals surface area (Å²) in [5.74, 6) is -1.94. The fourth-order valence-electron chi connectivity index (χ4n) is 1.84. The molecular formula is C15H10BrF3N2. The summed E-state index contributed by atoms with van der Waals surface area (Å²) in [4.78, 5) is 0. The Morgan fingerprint density at radius 3 is 2.33 bits per heavy atom. The minimum absolute atomic E-state index is 0.0632. The highest BCUT2D eigenvalue weighted by atomic mass is 79.9. The molecule has 0 amide bonds. The lowest BCUT2D eigenvalue weighted by atomic mass is 10.1. The topological polar surface area (TPSA) is 35.8 Å². The number of nitrogens with zero attached hydrogens (tertiary/aromatic N) is 1. The van der Waals surface area contributed by atoms with Crippen molar-refractivity contribution < 1.29 is 13.2 Å². The predicted molar refractivity (Wildman–Crippen MR) is 75.7 cm³/mol. The molecule has 2 aromatic rings. The fourth-order valence-corrected chi connectivity index (χ4v) is 2.22. The van der Waals surface area contributed by atoms with Gasteiger partial charge in [0.2, 0.25) is 0 Å². The molecule has 0 heterocycles. The molecule has 0 saturated heterocycles. The lowest BCUT2D eigenvalue weighted by molar-refractivity contribution is 0.534. The maximum absolute atomic E-state index is 13.7. The SMILES string of the molecule is N#Cc1cc(F)c(CNCc2cc(F)ccc2Br)c(F)c1. The van der Waals surface area contributed by atoms with Gasteiger partial charge in [0.1, 0.15) is 17.5 Å². The molecule has 2 rings (SSSR count). The zero-order valence-electron chi connectivity index (χ0n) is 10.8. The first kappa shape index (κ1) is 15.5. The van der Waals surface area contributed by atoms with Gasteiger partial charge in [0.15, 0.2) is 0 Å². The van der Waals surface area contributed by atoms with Crippen LogP contribution in [0.3, 0.4) is 0 Å². The van der Waals surface area contributed by atoms with Gasteiger partial charge in [-0.3, -0.25) is 0 Å². The molecule has 0 aromatic heterocycles. The van der Waals surface area contributed by atoms with E-state index in [-0.39, 0.29) is 30.0 Å². The molecule has 0 unspecified atom stereocenters. The molecule has 2 nitrogen and oxygen atoms in total. The van der Waals surface area contributed by atoms with Crippen LogP contribution in [0.25, 0.3) is 0 Å². The third-order valence-corrected chi connectivity index (χ3v) is 3.67. The Morgan fingerprint density at radius 2 is 1.71 bits per heavy atom. The van der Waals surface area contributed by atoms with Crippen LogP contribution in [0.5, 0.6) is 0 Å². The van der Waals surface area contributed by atoms with E-state index in [1.165, 1.54) is 12.1 Å². The van der Waals surface area contributed by atoms with Crippen LogP contribution in [0.1, 0.15) is 16.7 Å². The number of hydrogen-bond acceptors (Lipinski definition) is 2. The summed E-state index contributed by atoms with van der Waals surface area (Å²) >= 11 is 3.27. The van der Waals surface area contributed by atoms with Crippen LogP contribution in [0.15, 0.2) is 34.8 Å². The molecule has 108 valence electrons. The molecule has 0 bridgehead atoms. The molecule has 0 aliphatic carbocycles. The molecule has 0 aliphatic heterocycles. The van der Waals surface area contributed by atoms with E-state index >= 15 is 0 Å². The van der Waals surface area contributed by atoms with Crippen molar-refractivity contribution in [2.45, 2.75) is 13.1 Å². The second-order valence-electron chi connectivity index (χ2n) is 4.37. The summed E-state index contributed by atoms with van der Waals surface area (Å²) in [6.45, 7) is 0.184. The van der Waals surface area contributed by atoms with Crippen molar-refractivity contribution in [2.75, 3.05) is 0 Å². The van der Waals surface area contributed by atoms with Gasteiger partial charge in [0, 0.05) is 23.1 Å². The van der Waals surface area contributed by atoms with Crippen molar-refractivity contribution >= 4 is 15.9 Å². The summed E-state index contributed by atoms with van der Waals surface area (Å²) in [6.07, 6.45) is 0. The van der Waals surface area contributed by atoms with Gasteiger partial charge in [-0.05, 0) is 35.9 Å². The molecule has 1 N–H and O–H groups in total. The molecule has 2 aromatic carbocycles. The smallest absolute Gasteiger partial charge is 0.131 e. The number of halogens is 4. The highest BCUT2D eigenvalue weighted by molar-refractivity contribution is 9.10. The maximum Gasteiger partial charge on any atom is 0.131 e. The van der Waals surface area contributed by atoms with Crippen LogP contribution >= 0.6 is 15.9 Å². The summed E-state index contributed by atoms with van der Waals surface area (Å²) in [6, 6.07) is 7.87. The lowest BCUT2D eigenvalue weighted by Crippen LogP contribution is -2.15. The zero-order chi connectivity index (χ0) is 15.4. The Kier molecular flexibility index (Phi) is 4.99. The van der Waals surface area contributed by atoms with E-state index in [1.54, 1.807) is 12.1 Å². The van der Waals surface area contributed by atoms with E-state index in [1.807, 2.05) is 0 Å². The average molecular weight is 355 g/mol. The van der Waals surface area contributed by atoms with E-state index in [9.17, 15) is 13.2 Å². The molecule has 0 saturated carbocycles. The Balaban J connectivity index is 2.07. The highest BCUT2D eigenvalue weighted by Gasteiger charge is 2.11. The zero-order valence-corrected chi connectivity index (χ0v) is 12.3. The summed E-state index contributed by atoms with van der Waals surface area (Å²) in [5.41, 5.74) is 0.424. The number of rotatable bonds is 4. The van der Waals surface area contributed by atoms with Gasteiger partial charge >= 0.3 is 0 Å². The molecule has 0 aliphatic rings. The monoisotopic (exact) mass is 354 g/mol. The summed E-state index contributed by atoms with van der Waals surface area (Å²) < 4.78 is 41.1. The van der Waals surface area contributed by atoms with Crippen LogP contribution in [0.4, 0.5) is 13.2 Å². The van der Waals surface area contributed by atoms with Crippen molar-refractivity contribution in [3.8, 4) is 6.07 Å². The first-order valence-electron chi connectivity index (χ1n) is 6.04. The van der Waals surface area contributed by atoms with Gasteiger partial charge in [0.05, 0.1) is 11.6 Å². The first-order chi connectivity index (χ1) is 10.0. The van der Waals surface area contributed by atoms with Gasteiger partial charge in [-0.2, -0.15) is 5.26 Å². The second-order valence-corrected chi connectivity index (χ2v) is 5.22. The fraction of sp³-hybridized carbons (Fsp3) is 0.133. The van der Waals surface area contributed by atoms with Gasteiger partial charge in [-0.25, -0.2) is 13.2 Å². The largest absolute Gasteiger partial charge is 0.308 e. The van der Waals surface area contributed by atoms with Gasteiger partial charge in [-0.15, -0.1) is 0 Å². The highest BCUT2D eigenvalue weighted by Crippen LogP contribution is 2.19. The maximum atomic E-state index is 13.7. The Labute approximate surface area is 128 Å². The van der Waals surface area contributed by atoms with Gasteiger partial charge in [0.25, 0.3) is 0 Å². The quantitative estimate of drug-likeness (QED) is 0.899. The van der Waals surface area contributed by atoms with Crippen molar-refractivity contribution in [1.29, 1.82) is 5.26 Å². The van der Waals surface area contributed by atoms with E-state index in [4.69, 9.17) is 5.26 Å². The first-order valence-corrected chi connectivity index (χ1v) is 6.83. The van der Waals surface area contributed by atoms with Crippen molar-refractivity contribution in [3.05, 3.63) is 68.9 Å². The molecule has 0 radical (unpaired) electrons. The second kappa shape index (κ2) is 6.74. The number of hydrogen-bond donors (Lipinski definition) is 1. The van der Waals surface area contributed by atoms with E-state index in [0.717, 1.165) is 12.1 Å². The third-order valence-electron chi connectivity index (χ3n) is 2.90. The van der Waals surface area contributed by atoms with Crippen LogP contribution in [-0.2, 0) is 13.1 Å². The van der Waals surface area contributed by atoms with Crippen molar-refractivity contribution in [1.82, 2.24) is 5.32 Å². The van der Waals surface area contributed by atoms with Crippen molar-refractivity contribution in [3.63, 3.8) is 0 Å². The Hall–Kier alpha value is -1.84. The Bertz CT molecular complexity index is 688. The third kappa shape index (κ3) is 3.84. The molecule has 0 spiro atoms. The molecular weight excluding hydrogens is 345 g/mol. The van der Waals surface area contributed by atoms with Crippen LogP contribution in [0, 0.1) is 28.8 Å².